The van der Waals surface area contributed by atoms with E-state index in [1.165, 1.54) is 6.26 Å². The lowest BCUT2D eigenvalue weighted by atomic mass is 10.1. The molecule has 1 aromatic rings. The summed E-state index contributed by atoms with van der Waals surface area (Å²) in [4.78, 5) is 0. The van der Waals surface area contributed by atoms with Crippen molar-refractivity contribution in [3.8, 4) is 5.75 Å². The summed E-state index contributed by atoms with van der Waals surface area (Å²) in [6.45, 7) is 2.02. The third-order valence-corrected chi connectivity index (χ3v) is 3.03. The van der Waals surface area contributed by atoms with Crippen LogP contribution in [0.5, 0.6) is 5.75 Å². The van der Waals surface area contributed by atoms with Gasteiger partial charge in [0.25, 0.3) is 0 Å². The van der Waals surface area contributed by atoms with Gasteiger partial charge in [-0.1, -0.05) is 18.2 Å². The SMILES string of the molecule is C[C@H](N)c1ccccc1OCCS(C)(=O)=O. The Morgan fingerprint density at radius 2 is 2.00 bits per heavy atom. The van der Waals surface area contributed by atoms with E-state index in [4.69, 9.17) is 10.5 Å². The minimum atomic E-state index is -2.98. The van der Waals surface area contributed by atoms with Crippen LogP contribution in [0, 0.1) is 0 Å². The first-order valence-electron chi connectivity index (χ1n) is 5.05. The van der Waals surface area contributed by atoms with Crippen molar-refractivity contribution in [3.63, 3.8) is 0 Å². The normalized spacial score (nSPS) is 13.4. The maximum absolute atomic E-state index is 10.9. The van der Waals surface area contributed by atoms with Crippen LogP contribution in [0.2, 0.25) is 0 Å². The number of benzene rings is 1. The molecule has 4 nitrogen and oxygen atoms in total. The third kappa shape index (κ3) is 4.20. The lowest BCUT2D eigenvalue weighted by molar-refractivity contribution is 0.335. The van der Waals surface area contributed by atoms with E-state index in [1.807, 2.05) is 25.1 Å². The minimum Gasteiger partial charge on any atom is -0.492 e. The van der Waals surface area contributed by atoms with E-state index < -0.39 is 9.84 Å². The van der Waals surface area contributed by atoms with Crippen LogP contribution in [0.4, 0.5) is 0 Å². The summed E-state index contributed by atoms with van der Waals surface area (Å²) in [6, 6.07) is 7.25. The van der Waals surface area contributed by atoms with Crippen LogP contribution in [-0.2, 0) is 9.84 Å². The predicted octanol–water partition coefficient (Wildman–Crippen LogP) is 1.13. The molecule has 16 heavy (non-hydrogen) atoms. The number of sulfone groups is 1. The predicted molar refractivity (Wildman–Crippen MR) is 64.3 cm³/mol. The highest BCUT2D eigenvalue weighted by atomic mass is 32.2. The molecular formula is C11H17NO3S. The highest BCUT2D eigenvalue weighted by molar-refractivity contribution is 7.90. The zero-order valence-electron chi connectivity index (χ0n) is 9.51. The molecular weight excluding hydrogens is 226 g/mol. The Balaban J connectivity index is 2.67. The van der Waals surface area contributed by atoms with Gasteiger partial charge in [-0.15, -0.1) is 0 Å². The molecule has 0 bridgehead atoms. The second-order valence-electron chi connectivity index (χ2n) is 3.80. The van der Waals surface area contributed by atoms with Gasteiger partial charge in [0.1, 0.15) is 12.4 Å². The van der Waals surface area contributed by atoms with Gasteiger partial charge in [0.05, 0.1) is 5.75 Å². The highest BCUT2D eigenvalue weighted by Gasteiger charge is 2.08. The Kier molecular flexibility index (Phi) is 4.32. The molecule has 1 atom stereocenters. The lowest BCUT2D eigenvalue weighted by Gasteiger charge is -2.13. The Morgan fingerprint density at radius 1 is 1.38 bits per heavy atom. The van der Waals surface area contributed by atoms with Crippen LogP contribution in [-0.4, -0.2) is 27.0 Å². The molecule has 0 amide bonds. The molecule has 0 saturated carbocycles. The Bertz CT molecular complexity index is 440. The molecule has 5 heteroatoms. The minimum absolute atomic E-state index is 0.0142. The van der Waals surface area contributed by atoms with Crippen molar-refractivity contribution >= 4 is 9.84 Å². The van der Waals surface area contributed by atoms with Crippen molar-refractivity contribution in [2.45, 2.75) is 13.0 Å². The van der Waals surface area contributed by atoms with Gasteiger partial charge in [0.2, 0.25) is 0 Å². The average Bonchev–Trinajstić information content (AvgIpc) is 2.16. The Labute approximate surface area is 96.3 Å². The Hall–Kier alpha value is -1.07. The van der Waals surface area contributed by atoms with E-state index in [9.17, 15) is 8.42 Å². The zero-order chi connectivity index (χ0) is 12.2. The summed E-state index contributed by atoms with van der Waals surface area (Å²) < 4.78 is 27.3. The summed E-state index contributed by atoms with van der Waals surface area (Å²) >= 11 is 0. The van der Waals surface area contributed by atoms with Gasteiger partial charge in [-0.05, 0) is 13.0 Å². The maximum atomic E-state index is 10.9. The van der Waals surface area contributed by atoms with Gasteiger partial charge < -0.3 is 10.5 Å². The van der Waals surface area contributed by atoms with Gasteiger partial charge in [0, 0.05) is 17.9 Å². The number of para-hydroxylation sites is 1. The number of hydrogen-bond donors (Lipinski definition) is 1. The number of hydrogen-bond acceptors (Lipinski definition) is 4. The monoisotopic (exact) mass is 243 g/mol. The van der Waals surface area contributed by atoms with Crippen molar-refractivity contribution in [2.75, 3.05) is 18.6 Å². The standard InChI is InChI=1S/C11H17NO3S/c1-9(12)10-5-3-4-6-11(10)15-7-8-16(2,13)14/h3-6,9H,7-8,12H2,1-2H3/t9-/m0/s1. The van der Waals surface area contributed by atoms with E-state index in [2.05, 4.69) is 0 Å². The van der Waals surface area contributed by atoms with Crippen LogP contribution >= 0.6 is 0 Å². The van der Waals surface area contributed by atoms with E-state index in [0.717, 1.165) is 5.56 Å². The van der Waals surface area contributed by atoms with Crippen LogP contribution in [0.3, 0.4) is 0 Å². The van der Waals surface area contributed by atoms with Gasteiger partial charge >= 0.3 is 0 Å². The largest absolute Gasteiger partial charge is 0.492 e. The summed E-state index contributed by atoms with van der Waals surface area (Å²) in [5.74, 6) is 0.668. The fraction of sp³-hybridized carbons (Fsp3) is 0.455. The molecule has 0 aromatic heterocycles. The summed E-state index contributed by atoms with van der Waals surface area (Å²) in [6.07, 6.45) is 1.19. The first-order valence-corrected chi connectivity index (χ1v) is 7.11. The first kappa shape index (κ1) is 13.0. The fourth-order valence-electron chi connectivity index (χ4n) is 1.29. The number of nitrogens with two attached hydrogens (primary N) is 1. The van der Waals surface area contributed by atoms with Gasteiger partial charge in [-0.3, -0.25) is 0 Å². The van der Waals surface area contributed by atoms with Gasteiger partial charge in [0.15, 0.2) is 9.84 Å². The molecule has 90 valence electrons. The van der Waals surface area contributed by atoms with Crippen molar-refractivity contribution in [2.24, 2.45) is 5.73 Å². The number of rotatable bonds is 5. The van der Waals surface area contributed by atoms with Crippen LogP contribution in [0.1, 0.15) is 18.5 Å². The van der Waals surface area contributed by atoms with Gasteiger partial charge in [-0.2, -0.15) is 0 Å². The molecule has 1 rings (SSSR count). The molecule has 1 aromatic carbocycles. The molecule has 0 radical (unpaired) electrons. The maximum Gasteiger partial charge on any atom is 0.150 e. The average molecular weight is 243 g/mol. The Morgan fingerprint density at radius 3 is 2.56 bits per heavy atom. The quantitative estimate of drug-likeness (QED) is 0.841. The zero-order valence-corrected chi connectivity index (χ0v) is 10.3. The van der Waals surface area contributed by atoms with Crippen molar-refractivity contribution in [1.82, 2.24) is 0 Å². The van der Waals surface area contributed by atoms with Gasteiger partial charge in [-0.25, -0.2) is 8.42 Å². The van der Waals surface area contributed by atoms with E-state index in [1.54, 1.807) is 6.07 Å². The second-order valence-corrected chi connectivity index (χ2v) is 6.06. The lowest BCUT2D eigenvalue weighted by Crippen LogP contribution is -2.14. The molecule has 0 saturated heterocycles. The molecule has 0 heterocycles. The van der Waals surface area contributed by atoms with E-state index in [-0.39, 0.29) is 18.4 Å². The van der Waals surface area contributed by atoms with Crippen LogP contribution in [0.25, 0.3) is 0 Å². The third-order valence-electron chi connectivity index (χ3n) is 2.12. The summed E-state index contributed by atoms with van der Waals surface area (Å²) in [5, 5.41) is 0. The molecule has 0 spiro atoms. The topological polar surface area (TPSA) is 69.4 Å². The molecule has 0 aliphatic rings. The van der Waals surface area contributed by atoms with Crippen LogP contribution in [0.15, 0.2) is 24.3 Å². The molecule has 0 aliphatic carbocycles. The second kappa shape index (κ2) is 5.32. The van der Waals surface area contributed by atoms with Crippen LogP contribution < -0.4 is 10.5 Å². The van der Waals surface area contributed by atoms with E-state index >= 15 is 0 Å². The summed E-state index contributed by atoms with van der Waals surface area (Å²) in [5.41, 5.74) is 6.66. The summed E-state index contributed by atoms with van der Waals surface area (Å²) in [7, 11) is -2.98. The fourth-order valence-corrected chi connectivity index (χ4v) is 1.68. The molecule has 2 N–H and O–H groups in total. The number of ether oxygens (including phenoxy) is 1. The highest BCUT2D eigenvalue weighted by Crippen LogP contribution is 2.22. The smallest absolute Gasteiger partial charge is 0.150 e. The van der Waals surface area contributed by atoms with Crippen molar-refractivity contribution in [3.05, 3.63) is 29.8 Å². The first-order chi connectivity index (χ1) is 7.40. The molecule has 0 unspecified atom stereocenters. The van der Waals surface area contributed by atoms with E-state index in [0.29, 0.717) is 5.75 Å². The molecule has 0 aliphatic heterocycles. The van der Waals surface area contributed by atoms with Crippen molar-refractivity contribution in [1.29, 1.82) is 0 Å². The van der Waals surface area contributed by atoms with Crippen molar-refractivity contribution < 1.29 is 13.2 Å². The molecule has 0 fully saturated rings.